The Morgan fingerprint density at radius 1 is 1.31 bits per heavy atom. The number of rotatable bonds is 3. The highest BCUT2D eigenvalue weighted by Gasteiger charge is 2.43. The average molecular weight is 357 g/mol. The number of anilines is 1. The third kappa shape index (κ3) is 3.62. The summed E-state index contributed by atoms with van der Waals surface area (Å²) in [4.78, 5) is 20.6. The number of aromatic nitrogens is 3. The maximum atomic E-state index is 12.4. The van der Waals surface area contributed by atoms with Gasteiger partial charge in [0.15, 0.2) is 0 Å². The summed E-state index contributed by atoms with van der Waals surface area (Å²) in [5.41, 5.74) is 1.41. The SMILES string of the molecule is Cn1cc(N2C[C@@]3(COCCN(Cc4cccnc4)C3)OCC2=O)cn1. The van der Waals surface area contributed by atoms with Crippen LogP contribution in [0.5, 0.6) is 0 Å². The van der Waals surface area contributed by atoms with Crippen molar-refractivity contribution in [2.45, 2.75) is 12.1 Å². The van der Waals surface area contributed by atoms with E-state index in [2.05, 4.69) is 21.0 Å². The Hall–Kier alpha value is -2.29. The van der Waals surface area contributed by atoms with Gasteiger partial charge in [-0.25, -0.2) is 0 Å². The molecule has 1 atom stereocenters. The summed E-state index contributed by atoms with van der Waals surface area (Å²) in [6.07, 6.45) is 7.22. The maximum absolute atomic E-state index is 12.4. The lowest BCUT2D eigenvalue weighted by molar-refractivity contribution is -0.146. The van der Waals surface area contributed by atoms with Crippen LogP contribution in [0.3, 0.4) is 0 Å². The van der Waals surface area contributed by atoms with Crippen LogP contribution in [-0.4, -0.2) is 70.6 Å². The monoisotopic (exact) mass is 357 g/mol. The highest BCUT2D eigenvalue weighted by molar-refractivity contribution is 5.94. The van der Waals surface area contributed by atoms with Crippen molar-refractivity contribution in [1.82, 2.24) is 19.7 Å². The van der Waals surface area contributed by atoms with E-state index in [0.717, 1.165) is 24.3 Å². The van der Waals surface area contributed by atoms with Crippen LogP contribution in [0.15, 0.2) is 36.9 Å². The standard InChI is InChI=1S/C18H23N5O3/c1-21-10-16(8-20-21)23-13-18(26-11-17(23)24)12-22(5-6-25-14-18)9-15-3-2-4-19-7-15/h2-4,7-8,10H,5-6,9,11-14H2,1H3/t18-/m0/s1. The van der Waals surface area contributed by atoms with Gasteiger partial charge in [-0.05, 0) is 11.6 Å². The van der Waals surface area contributed by atoms with Crippen molar-refractivity contribution in [3.8, 4) is 0 Å². The van der Waals surface area contributed by atoms with Gasteiger partial charge in [0.25, 0.3) is 5.91 Å². The minimum atomic E-state index is -0.539. The van der Waals surface area contributed by atoms with Crippen molar-refractivity contribution in [3.63, 3.8) is 0 Å². The summed E-state index contributed by atoms with van der Waals surface area (Å²) < 4.78 is 13.6. The number of aryl methyl sites for hydroxylation is 1. The summed E-state index contributed by atoms with van der Waals surface area (Å²) in [5, 5.41) is 4.18. The third-order valence-electron chi connectivity index (χ3n) is 4.81. The molecule has 0 N–H and O–H groups in total. The molecule has 0 unspecified atom stereocenters. The number of ether oxygens (including phenoxy) is 2. The summed E-state index contributed by atoms with van der Waals surface area (Å²) >= 11 is 0. The minimum Gasteiger partial charge on any atom is -0.377 e. The molecule has 2 aromatic rings. The van der Waals surface area contributed by atoms with Gasteiger partial charge >= 0.3 is 0 Å². The number of carbonyl (C=O) groups is 1. The molecular weight excluding hydrogens is 334 g/mol. The molecule has 2 aliphatic heterocycles. The highest BCUT2D eigenvalue weighted by atomic mass is 16.6. The first-order valence-electron chi connectivity index (χ1n) is 8.76. The summed E-state index contributed by atoms with van der Waals surface area (Å²) in [5.74, 6) is -0.0494. The zero-order chi connectivity index (χ0) is 18.0. The second-order valence-corrected chi connectivity index (χ2v) is 6.95. The lowest BCUT2D eigenvalue weighted by Crippen LogP contribution is -2.60. The van der Waals surface area contributed by atoms with Crippen molar-refractivity contribution in [2.75, 3.05) is 44.4 Å². The van der Waals surface area contributed by atoms with Gasteiger partial charge in [-0.15, -0.1) is 0 Å². The number of nitrogens with zero attached hydrogens (tertiary/aromatic N) is 5. The van der Waals surface area contributed by atoms with Gasteiger partial charge < -0.3 is 14.4 Å². The fourth-order valence-corrected chi connectivity index (χ4v) is 3.55. The Morgan fingerprint density at radius 3 is 3.00 bits per heavy atom. The minimum absolute atomic E-state index is 0.0494. The number of carbonyl (C=O) groups excluding carboxylic acids is 1. The van der Waals surface area contributed by atoms with Gasteiger partial charge in [-0.2, -0.15) is 5.10 Å². The Morgan fingerprint density at radius 2 is 2.23 bits per heavy atom. The molecule has 1 spiro atoms. The first-order chi connectivity index (χ1) is 12.6. The van der Waals surface area contributed by atoms with Crippen LogP contribution in [0.25, 0.3) is 0 Å². The van der Waals surface area contributed by atoms with E-state index in [1.54, 1.807) is 22.0 Å². The zero-order valence-electron chi connectivity index (χ0n) is 14.9. The molecule has 0 aliphatic carbocycles. The lowest BCUT2D eigenvalue weighted by Gasteiger charge is -2.42. The number of hydrogen-bond donors (Lipinski definition) is 0. The predicted octanol–water partition coefficient (Wildman–Crippen LogP) is 0.449. The van der Waals surface area contributed by atoms with E-state index >= 15 is 0 Å². The molecule has 8 heteroatoms. The fraction of sp³-hybridized carbons (Fsp3) is 0.500. The molecular formula is C18H23N5O3. The van der Waals surface area contributed by atoms with Gasteiger partial charge in [-0.3, -0.25) is 19.4 Å². The van der Waals surface area contributed by atoms with Crippen LogP contribution in [0.2, 0.25) is 0 Å². The van der Waals surface area contributed by atoms with E-state index in [1.807, 2.05) is 25.5 Å². The number of morpholine rings is 1. The van der Waals surface area contributed by atoms with Crippen molar-refractivity contribution < 1.29 is 14.3 Å². The van der Waals surface area contributed by atoms with E-state index in [1.165, 1.54) is 0 Å². The molecule has 0 radical (unpaired) electrons. The summed E-state index contributed by atoms with van der Waals surface area (Å²) in [6.45, 7) is 3.93. The van der Waals surface area contributed by atoms with Gasteiger partial charge in [0, 0.05) is 45.3 Å². The van der Waals surface area contributed by atoms with Crippen LogP contribution >= 0.6 is 0 Å². The Balaban J connectivity index is 1.52. The zero-order valence-corrected chi connectivity index (χ0v) is 14.9. The van der Waals surface area contributed by atoms with Crippen LogP contribution < -0.4 is 4.90 Å². The molecule has 2 aliphatic rings. The smallest absolute Gasteiger partial charge is 0.253 e. The number of amides is 1. The van der Waals surface area contributed by atoms with Crippen LogP contribution in [-0.2, 0) is 27.9 Å². The van der Waals surface area contributed by atoms with E-state index in [-0.39, 0.29) is 12.5 Å². The van der Waals surface area contributed by atoms with Crippen LogP contribution in [0.1, 0.15) is 5.56 Å². The largest absolute Gasteiger partial charge is 0.377 e. The van der Waals surface area contributed by atoms with Crippen molar-refractivity contribution >= 4 is 11.6 Å². The Bertz CT molecular complexity index is 765. The van der Waals surface area contributed by atoms with Gasteiger partial charge in [0.1, 0.15) is 12.2 Å². The van der Waals surface area contributed by atoms with Crippen LogP contribution in [0, 0.1) is 0 Å². The molecule has 0 bridgehead atoms. The van der Waals surface area contributed by atoms with Crippen molar-refractivity contribution in [2.24, 2.45) is 7.05 Å². The second kappa shape index (κ2) is 7.14. The molecule has 8 nitrogen and oxygen atoms in total. The molecule has 2 aromatic heterocycles. The maximum Gasteiger partial charge on any atom is 0.253 e. The molecule has 2 saturated heterocycles. The van der Waals surface area contributed by atoms with Crippen molar-refractivity contribution in [3.05, 3.63) is 42.5 Å². The molecule has 2 fully saturated rings. The first-order valence-corrected chi connectivity index (χ1v) is 8.76. The molecule has 0 saturated carbocycles. The average Bonchev–Trinajstić information content (AvgIpc) is 2.98. The Kier molecular flexibility index (Phi) is 4.71. The molecule has 4 rings (SSSR count). The molecule has 138 valence electrons. The molecule has 0 aromatic carbocycles. The molecule has 4 heterocycles. The van der Waals surface area contributed by atoms with Crippen LogP contribution in [0.4, 0.5) is 5.69 Å². The summed E-state index contributed by atoms with van der Waals surface area (Å²) in [7, 11) is 1.84. The topological polar surface area (TPSA) is 72.7 Å². The first kappa shape index (κ1) is 17.1. The normalized spacial score (nSPS) is 24.8. The predicted molar refractivity (Wildman–Crippen MR) is 94.6 cm³/mol. The Labute approximate surface area is 152 Å². The van der Waals surface area contributed by atoms with E-state index in [0.29, 0.717) is 26.3 Å². The van der Waals surface area contributed by atoms with Gasteiger partial charge in [0.05, 0.1) is 31.6 Å². The van der Waals surface area contributed by atoms with Gasteiger partial charge in [-0.1, -0.05) is 6.07 Å². The van der Waals surface area contributed by atoms with E-state index < -0.39 is 5.60 Å². The molecule has 1 amide bonds. The third-order valence-corrected chi connectivity index (χ3v) is 4.81. The summed E-state index contributed by atoms with van der Waals surface area (Å²) in [6, 6.07) is 4.01. The number of hydrogen-bond acceptors (Lipinski definition) is 6. The second-order valence-electron chi connectivity index (χ2n) is 6.95. The quantitative estimate of drug-likeness (QED) is 0.794. The molecule has 26 heavy (non-hydrogen) atoms. The highest BCUT2D eigenvalue weighted by Crippen LogP contribution is 2.27. The van der Waals surface area contributed by atoms with E-state index in [9.17, 15) is 4.79 Å². The fourth-order valence-electron chi connectivity index (χ4n) is 3.55. The van der Waals surface area contributed by atoms with Gasteiger partial charge in [0.2, 0.25) is 0 Å². The van der Waals surface area contributed by atoms with E-state index in [4.69, 9.17) is 9.47 Å². The lowest BCUT2D eigenvalue weighted by atomic mass is 10.0. The van der Waals surface area contributed by atoms with Crippen molar-refractivity contribution in [1.29, 1.82) is 0 Å². The number of pyridine rings is 1.